The number of imidazole rings is 1. The summed E-state index contributed by atoms with van der Waals surface area (Å²) in [5, 5.41) is 25.9. The van der Waals surface area contributed by atoms with Gasteiger partial charge in [0.15, 0.2) is 10.3 Å². The molecule has 0 radical (unpaired) electrons. The minimum absolute atomic E-state index is 0.120. The van der Waals surface area contributed by atoms with Crippen LogP contribution in [0.1, 0.15) is 114 Å². The van der Waals surface area contributed by atoms with Crippen LogP contribution in [0.5, 0.6) is 0 Å². The molecule has 87 heavy (non-hydrogen) atoms. The molecule has 3 aliphatic heterocycles. The molecule has 3 N–H and O–H groups in total. The maximum atomic E-state index is 5.04. The lowest BCUT2D eigenvalue weighted by Gasteiger charge is -2.48. The van der Waals surface area contributed by atoms with Gasteiger partial charge in [-0.3, -0.25) is 9.36 Å². The predicted molar refractivity (Wildman–Crippen MR) is 366 cm³/mol. The Bertz CT molecular complexity index is 4470. The first-order valence-corrected chi connectivity index (χ1v) is 33.6. The SMILES string of the molecule is CC1CC(N(C)c2nc3ccc(-c4ccc5nn(C)cc5c4)cc3s2)CCN1.CN(c1nc2ccc(-c3cc(C4CC4)c4nn(C)cc4c3)cc2s1)C1CC(C)(C)NC(C)(C)C1.Cc1cn2cc(-c3ccc4nc(C5CCNCC5)sc4c3)ccc2n1. The maximum Gasteiger partial charge on any atom is 0.186 e. The number of aromatic nitrogens is 9. The Kier molecular flexibility index (Phi) is 15.3. The van der Waals surface area contributed by atoms with Gasteiger partial charge in [-0.2, -0.15) is 10.2 Å². The Morgan fingerprint density at radius 3 is 1.76 bits per heavy atom. The van der Waals surface area contributed by atoms with E-state index in [0.29, 0.717) is 30.0 Å². The Morgan fingerprint density at radius 2 is 1.09 bits per heavy atom. The highest BCUT2D eigenvalue weighted by Crippen LogP contribution is 2.45. The van der Waals surface area contributed by atoms with Crippen molar-refractivity contribution in [3.05, 3.63) is 138 Å². The third-order valence-corrected chi connectivity index (χ3v) is 21.7. The lowest BCUT2D eigenvalue weighted by atomic mass is 9.79. The molecule has 1 aliphatic carbocycles. The van der Waals surface area contributed by atoms with Crippen LogP contribution in [0.2, 0.25) is 0 Å². The van der Waals surface area contributed by atoms with Crippen molar-refractivity contribution in [2.24, 2.45) is 14.1 Å². The molecule has 16 rings (SSSR count). The van der Waals surface area contributed by atoms with E-state index in [1.807, 2.05) is 53.1 Å². The van der Waals surface area contributed by atoms with E-state index in [0.717, 1.165) is 76.1 Å². The van der Waals surface area contributed by atoms with Gasteiger partial charge in [-0.05, 0) is 230 Å². The highest BCUT2D eigenvalue weighted by atomic mass is 32.1. The van der Waals surface area contributed by atoms with Gasteiger partial charge in [0.25, 0.3) is 0 Å². The smallest absolute Gasteiger partial charge is 0.186 e. The summed E-state index contributed by atoms with van der Waals surface area (Å²) < 4.78 is 9.69. The van der Waals surface area contributed by atoms with Crippen molar-refractivity contribution in [3.8, 4) is 33.4 Å². The van der Waals surface area contributed by atoms with Crippen molar-refractivity contribution in [3.63, 3.8) is 0 Å². The van der Waals surface area contributed by atoms with Crippen LogP contribution in [0.3, 0.4) is 0 Å². The minimum Gasteiger partial charge on any atom is -0.348 e. The molecular weight excluding hydrogens is 1130 g/mol. The second kappa shape index (κ2) is 23.1. The summed E-state index contributed by atoms with van der Waals surface area (Å²) in [6.45, 7) is 16.8. The first-order chi connectivity index (χ1) is 41.9. The van der Waals surface area contributed by atoms with Crippen LogP contribution >= 0.6 is 34.0 Å². The average Bonchev–Trinajstić information content (AvgIpc) is 3.15. The summed E-state index contributed by atoms with van der Waals surface area (Å²) in [4.78, 5) is 24.1. The molecule has 7 aromatic heterocycles. The number of thiazole rings is 3. The predicted octanol–water partition coefficient (Wildman–Crippen LogP) is 15.3. The van der Waals surface area contributed by atoms with Crippen LogP contribution in [0.4, 0.5) is 10.3 Å². The maximum absolute atomic E-state index is 5.04. The molecule has 0 bridgehead atoms. The number of piperidine rings is 3. The first-order valence-electron chi connectivity index (χ1n) is 31.2. The summed E-state index contributed by atoms with van der Waals surface area (Å²) in [5.41, 5.74) is 16.6. The summed E-state index contributed by atoms with van der Waals surface area (Å²) in [6, 6.07) is 36.9. The fraction of sp³-hybridized carbons (Fsp3) is 0.400. The van der Waals surface area contributed by atoms with Crippen LogP contribution in [0.15, 0.2) is 122 Å². The zero-order valence-corrected chi connectivity index (χ0v) is 54.3. The second-order valence-corrected chi connectivity index (χ2v) is 29.6. The highest BCUT2D eigenvalue weighted by molar-refractivity contribution is 7.22. The molecule has 12 aromatic rings. The van der Waals surface area contributed by atoms with E-state index in [9.17, 15) is 0 Å². The highest BCUT2D eigenvalue weighted by Gasteiger charge is 2.40. The number of pyridine rings is 1. The Balaban J connectivity index is 0.000000116. The van der Waals surface area contributed by atoms with Gasteiger partial charge in [-0.25, -0.2) is 19.9 Å². The fourth-order valence-corrected chi connectivity index (χ4v) is 17.2. The Hall–Kier alpha value is -7.12. The van der Waals surface area contributed by atoms with Crippen LogP contribution in [0, 0.1) is 6.92 Å². The Labute approximate surface area is 522 Å². The molecule has 4 aliphatic rings. The van der Waals surface area contributed by atoms with Gasteiger partial charge in [0.1, 0.15) is 5.65 Å². The van der Waals surface area contributed by atoms with E-state index in [2.05, 4.69) is 211 Å². The van der Waals surface area contributed by atoms with Gasteiger partial charge in [0, 0.05) is 98.9 Å². The average molecular weight is 1210 g/mol. The lowest BCUT2D eigenvalue weighted by molar-refractivity contribution is 0.161. The molecule has 5 aromatic carbocycles. The van der Waals surface area contributed by atoms with Gasteiger partial charge >= 0.3 is 0 Å². The zero-order valence-electron chi connectivity index (χ0n) is 51.9. The summed E-state index contributed by atoms with van der Waals surface area (Å²) >= 11 is 5.47. The van der Waals surface area contributed by atoms with E-state index in [1.54, 1.807) is 11.3 Å². The molecule has 10 heterocycles. The first kappa shape index (κ1) is 57.6. The molecule has 3 saturated heterocycles. The van der Waals surface area contributed by atoms with Crippen LogP contribution in [-0.2, 0) is 14.1 Å². The van der Waals surface area contributed by atoms with Crippen LogP contribution < -0.4 is 25.8 Å². The monoisotopic (exact) mass is 1210 g/mol. The Morgan fingerprint density at radius 1 is 0.529 bits per heavy atom. The molecule has 448 valence electrons. The lowest BCUT2D eigenvalue weighted by Crippen LogP contribution is -2.61. The number of anilines is 2. The number of rotatable bonds is 9. The largest absolute Gasteiger partial charge is 0.348 e. The van der Waals surface area contributed by atoms with E-state index < -0.39 is 0 Å². The molecule has 14 nitrogen and oxygen atoms in total. The summed E-state index contributed by atoms with van der Waals surface area (Å²) in [6.07, 6.45) is 18.0. The minimum atomic E-state index is 0.120. The van der Waals surface area contributed by atoms with E-state index in [-0.39, 0.29) is 11.1 Å². The zero-order chi connectivity index (χ0) is 59.9. The van der Waals surface area contributed by atoms with E-state index in [4.69, 9.17) is 20.1 Å². The van der Waals surface area contributed by atoms with Gasteiger partial charge in [-0.1, -0.05) is 46.9 Å². The molecule has 17 heteroatoms. The molecule has 0 amide bonds. The van der Waals surface area contributed by atoms with Gasteiger partial charge < -0.3 is 30.2 Å². The van der Waals surface area contributed by atoms with Crippen molar-refractivity contribution < 1.29 is 0 Å². The summed E-state index contributed by atoms with van der Waals surface area (Å²) in [5.74, 6) is 1.29. The number of fused-ring (bicyclic) bond motifs is 6. The van der Waals surface area contributed by atoms with E-state index >= 15 is 0 Å². The third kappa shape index (κ3) is 12.3. The number of nitrogens with one attached hydrogen (secondary N) is 3. The van der Waals surface area contributed by atoms with Crippen molar-refractivity contribution in [2.75, 3.05) is 43.5 Å². The molecule has 4 fully saturated rings. The number of hydrogen-bond donors (Lipinski definition) is 3. The number of hydrogen-bond acceptors (Lipinski definition) is 14. The number of nitrogens with zero attached hydrogens (tertiary/aromatic N) is 11. The molecule has 2 atom stereocenters. The topological polar surface area (TPSA) is 134 Å². The molecule has 1 saturated carbocycles. The summed E-state index contributed by atoms with van der Waals surface area (Å²) in [7, 11) is 8.39. The molecule has 2 unspecified atom stereocenters. The number of aryl methyl sites for hydroxylation is 3. The van der Waals surface area contributed by atoms with Crippen LogP contribution in [0.25, 0.3) is 91.5 Å². The van der Waals surface area contributed by atoms with Gasteiger partial charge in [0.05, 0.1) is 52.4 Å². The number of benzene rings is 5. The second-order valence-electron chi connectivity index (χ2n) is 26.5. The quantitative estimate of drug-likeness (QED) is 0.128. The van der Waals surface area contributed by atoms with E-state index in [1.165, 1.54) is 113 Å². The third-order valence-electron chi connectivity index (χ3n) is 18.3. The standard InChI is InChI=1S/C28H35N5S.C22H25N5S.C20H20N4S/c1-27(2)14-21(15-28(3,4)31-27)33(6)26-29-23-10-9-18(13-24(23)34-26)19-11-20-16-32(5)30-25(20)22(12-19)17-7-8-17;1-14-10-18(8-9-23-14)27(3)22-24-20-7-5-16(12-21(20)28-22)15-4-6-19-17(11-15)13-26(2)25-19;1-13-11-24-12-16(3-5-19(24)22-13)15-2-4-17-18(10-15)25-20(23-17)14-6-8-21-9-7-14/h9-13,16-17,21,31H,7-8,14-15H2,1-6H3;4-7,11-14,18,23H,8-10H2,1-3H3;2-5,10-12,14,21H,6-9H2,1H3. The van der Waals surface area contributed by atoms with Crippen molar-refractivity contribution in [2.45, 2.75) is 134 Å². The van der Waals surface area contributed by atoms with Crippen molar-refractivity contribution in [1.82, 2.24) is 59.8 Å². The molecular formula is C70H80N14S3. The van der Waals surface area contributed by atoms with Crippen LogP contribution in [-0.4, -0.2) is 107 Å². The normalized spacial score (nSPS) is 19.0. The molecule has 0 spiro atoms. The fourth-order valence-electron chi connectivity index (χ4n) is 13.9. The van der Waals surface area contributed by atoms with Crippen molar-refractivity contribution in [1.29, 1.82) is 0 Å². The van der Waals surface area contributed by atoms with Gasteiger partial charge in [0.2, 0.25) is 0 Å². The van der Waals surface area contributed by atoms with Crippen molar-refractivity contribution >= 4 is 102 Å². The van der Waals surface area contributed by atoms with Gasteiger partial charge in [-0.15, -0.1) is 11.3 Å².